The van der Waals surface area contributed by atoms with E-state index in [0.29, 0.717) is 5.41 Å². The van der Waals surface area contributed by atoms with Crippen molar-refractivity contribution >= 4 is 0 Å². The van der Waals surface area contributed by atoms with E-state index in [1.165, 1.54) is 38.5 Å². The Balaban J connectivity index is 2.17. The Morgan fingerprint density at radius 1 is 0.818 bits per heavy atom. The first-order valence-electron chi connectivity index (χ1n) is 5.21. The molecule has 0 aromatic rings. The Morgan fingerprint density at radius 3 is 1.45 bits per heavy atom. The lowest BCUT2D eigenvalue weighted by molar-refractivity contribution is 0.0135. The predicted octanol–water partition coefficient (Wildman–Crippen LogP) is 3.61. The minimum absolute atomic E-state index is 0.691. The van der Waals surface area contributed by atoms with E-state index in [2.05, 4.69) is 13.8 Å². The van der Waals surface area contributed by atoms with Gasteiger partial charge < -0.3 is 0 Å². The lowest BCUT2D eigenvalue weighted by Crippen LogP contribution is -2.39. The van der Waals surface area contributed by atoms with E-state index >= 15 is 0 Å². The van der Waals surface area contributed by atoms with Crippen LogP contribution in [0.1, 0.15) is 52.4 Å². The van der Waals surface area contributed by atoms with E-state index in [4.69, 9.17) is 0 Å². The van der Waals surface area contributed by atoms with Crippen molar-refractivity contribution in [1.29, 1.82) is 0 Å². The molecular formula is C11H20. The zero-order valence-electron chi connectivity index (χ0n) is 7.90. The molecule has 0 saturated heterocycles. The van der Waals surface area contributed by atoms with Crippen LogP contribution < -0.4 is 0 Å². The van der Waals surface area contributed by atoms with Gasteiger partial charge in [-0.15, -0.1) is 0 Å². The van der Waals surface area contributed by atoms with Gasteiger partial charge in [0.25, 0.3) is 0 Å². The van der Waals surface area contributed by atoms with Crippen molar-refractivity contribution in [2.45, 2.75) is 52.4 Å². The van der Waals surface area contributed by atoms with Gasteiger partial charge in [-0.1, -0.05) is 26.7 Å². The van der Waals surface area contributed by atoms with E-state index in [-0.39, 0.29) is 0 Å². The Labute approximate surface area is 70.4 Å². The summed E-state index contributed by atoms with van der Waals surface area (Å²) in [6, 6.07) is 0. The van der Waals surface area contributed by atoms with E-state index < -0.39 is 0 Å². The lowest BCUT2D eigenvalue weighted by atomic mass is 9.56. The molecule has 0 aromatic carbocycles. The monoisotopic (exact) mass is 152 g/mol. The molecule has 0 heteroatoms. The molecule has 64 valence electrons. The molecule has 2 fully saturated rings. The molecule has 0 spiro atoms. The summed E-state index contributed by atoms with van der Waals surface area (Å²) < 4.78 is 0. The smallest absolute Gasteiger partial charge is 0.0298 e. The average Bonchev–Trinajstić information content (AvgIpc) is 1.82. The summed E-state index contributed by atoms with van der Waals surface area (Å²) >= 11 is 0. The van der Waals surface area contributed by atoms with E-state index in [9.17, 15) is 0 Å². The SMILES string of the molecule is CC1(C)C2CCCC1CCC2. The first-order valence-corrected chi connectivity index (χ1v) is 5.21. The van der Waals surface area contributed by atoms with Crippen LogP contribution in [0.15, 0.2) is 0 Å². The molecule has 2 bridgehead atoms. The third kappa shape index (κ3) is 1.11. The van der Waals surface area contributed by atoms with E-state index in [0.717, 1.165) is 11.8 Å². The van der Waals surface area contributed by atoms with Crippen molar-refractivity contribution in [2.24, 2.45) is 17.3 Å². The summed E-state index contributed by atoms with van der Waals surface area (Å²) in [5.41, 5.74) is 0.691. The number of fused-ring (bicyclic) bond motifs is 2. The van der Waals surface area contributed by atoms with Gasteiger partial charge in [0.2, 0.25) is 0 Å². The van der Waals surface area contributed by atoms with E-state index in [1.54, 1.807) is 0 Å². The highest BCUT2D eigenvalue weighted by molar-refractivity contribution is 4.92. The highest BCUT2D eigenvalue weighted by atomic mass is 14.5. The molecule has 0 amide bonds. The second-order valence-electron chi connectivity index (χ2n) is 5.08. The Kier molecular flexibility index (Phi) is 1.74. The van der Waals surface area contributed by atoms with Crippen molar-refractivity contribution in [2.75, 3.05) is 0 Å². The quantitative estimate of drug-likeness (QED) is 0.497. The Bertz CT molecular complexity index is 122. The fraction of sp³-hybridized carbons (Fsp3) is 1.00. The highest BCUT2D eigenvalue weighted by Crippen LogP contribution is 2.52. The summed E-state index contributed by atoms with van der Waals surface area (Å²) in [5.74, 6) is 2.13. The van der Waals surface area contributed by atoms with Crippen LogP contribution in [0.3, 0.4) is 0 Å². The maximum atomic E-state index is 2.50. The molecule has 0 N–H and O–H groups in total. The maximum absolute atomic E-state index is 2.50. The van der Waals surface area contributed by atoms with Crippen LogP contribution in [-0.2, 0) is 0 Å². The van der Waals surface area contributed by atoms with Crippen LogP contribution in [-0.4, -0.2) is 0 Å². The first kappa shape index (κ1) is 7.64. The third-order valence-corrected chi connectivity index (χ3v) is 4.31. The summed E-state index contributed by atoms with van der Waals surface area (Å²) in [7, 11) is 0. The Hall–Kier alpha value is 0. The van der Waals surface area contributed by atoms with Gasteiger partial charge in [-0.05, 0) is 42.9 Å². The molecule has 0 nitrogen and oxygen atoms in total. The maximum Gasteiger partial charge on any atom is -0.0298 e. The van der Waals surface area contributed by atoms with Crippen molar-refractivity contribution in [1.82, 2.24) is 0 Å². The van der Waals surface area contributed by atoms with Gasteiger partial charge in [0, 0.05) is 0 Å². The van der Waals surface area contributed by atoms with Crippen LogP contribution in [0, 0.1) is 17.3 Å². The molecule has 2 aliphatic rings. The molecule has 0 aliphatic heterocycles. The second kappa shape index (κ2) is 2.50. The van der Waals surface area contributed by atoms with Crippen LogP contribution in [0.25, 0.3) is 0 Å². The first-order chi connectivity index (χ1) is 5.21. The molecule has 11 heavy (non-hydrogen) atoms. The topological polar surface area (TPSA) is 0 Å². The van der Waals surface area contributed by atoms with Crippen molar-refractivity contribution < 1.29 is 0 Å². The standard InChI is InChI=1S/C11H20/c1-11(2)9-5-3-6-10(11)8-4-7-9/h9-10H,3-8H2,1-2H3. The second-order valence-corrected chi connectivity index (χ2v) is 5.08. The van der Waals surface area contributed by atoms with Crippen LogP contribution in [0.5, 0.6) is 0 Å². The highest BCUT2D eigenvalue weighted by Gasteiger charge is 2.41. The number of hydrogen-bond acceptors (Lipinski definition) is 0. The molecule has 0 unspecified atom stereocenters. The third-order valence-electron chi connectivity index (χ3n) is 4.31. The largest absolute Gasteiger partial charge is 0.0594 e. The summed E-state index contributed by atoms with van der Waals surface area (Å²) in [5, 5.41) is 0. The number of hydrogen-bond donors (Lipinski definition) is 0. The van der Waals surface area contributed by atoms with Gasteiger partial charge >= 0.3 is 0 Å². The molecule has 0 heterocycles. The van der Waals surface area contributed by atoms with Crippen LogP contribution in [0.4, 0.5) is 0 Å². The predicted molar refractivity (Wildman–Crippen MR) is 48.5 cm³/mol. The molecule has 2 rings (SSSR count). The van der Waals surface area contributed by atoms with Gasteiger partial charge in [-0.25, -0.2) is 0 Å². The van der Waals surface area contributed by atoms with Crippen LogP contribution in [0.2, 0.25) is 0 Å². The van der Waals surface area contributed by atoms with Gasteiger partial charge in [-0.3, -0.25) is 0 Å². The van der Waals surface area contributed by atoms with Gasteiger partial charge in [-0.2, -0.15) is 0 Å². The summed E-state index contributed by atoms with van der Waals surface area (Å²) in [6.45, 7) is 5.00. The number of rotatable bonds is 0. The summed E-state index contributed by atoms with van der Waals surface area (Å²) in [6.07, 6.45) is 9.09. The zero-order chi connectivity index (χ0) is 7.90. The normalized spacial score (nSPS) is 42.0. The lowest BCUT2D eigenvalue weighted by Gasteiger charge is -2.49. The zero-order valence-corrected chi connectivity index (χ0v) is 7.90. The van der Waals surface area contributed by atoms with Crippen molar-refractivity contribution in [3.63, 3.8) is 0 Å². The molecule has 0 atom stereocenters. The molecular weight excluding hydrogens is 132 g/mol. The van der Waals surface area contributed by atoms with Crippen LogP contribution >= 0.6 is 0 Å². The fourth-order valence-electron chi connectivity index (χ4n) is 3.33. The van der Waals surface area contributed by atoms with Crippen molar-refractivity contribution in [3.05, 3.63) is 0 Å². The molecule has 2 saturated carbocycles. The molecule has 0 radical (unpaired) electrons. The fourth-order valence-corrected chi connectivity index (χ4v) is 3.33. The molecule has 2 aliphatic carbocycles. The minimum atomic E-state index is 0.691. The minimum Gasteiger partial charge on any atom is -0.0594 e. The average molecular weight is 152 g/mol. The van der Waals surface area contributed by atoms with E-state index in [1.807, 2.05) is 0 Å². The Morgan fingerprint density at radius 2 is 1.18 bits per heavy atom. The van der Waals surface area contributed by atoms with Gasteiger partial charge in [0.1, 0.15) is 0 Å². The summed E-state index contributed by atoms with van der Waals surface area (Å²) in [4.78, 5) is 0. The molecule has 0 aromatic heterocycles. The van der Waals surface area contributed by atoms with Gasteiger partial charge in [0.05, 0.1) is 0 Å². The van der Waals surface area contributed by atoms with Crippen molar-refractivity contribution in [3.8, 4) is 0 Å². The van der Waals surface area contributed by atoms with Gasteiger partial charge in [0.15, 0.2) is 0 Å².